The smallest absolute Gasteiger partial charge is 0.255 e. The van der Waals surface area contributed by atoms with E-state index in [1.807, 2.05) is 0 Å². The van der Waals surface area contributed by atoms with Crippen molar-refractivity contribution in [2.45, 2.75) is 25.8 Å². The molecule has 2 fully saturated rings. The van der Waals surface area contributed by atoms with Gasteiger partial charge in [0.25, 0.3) is 5.91 Å². The lowest BCUT2D eigenvalue weighted by Gasteiger charge is -2.27. The molecule has 1 unspecified atom stereocenters. The molecule has 1 aromatic carbocycles. The summed E-state index contributed by atoms with van der Waals surface area (Å²) in [5.41, 5.74) is 0.0931. The third kappa shape index (κ3) is 3.83. The highest BCUT2D eigenvalue weighted by atomic mass is 35.5. The molecule has 1 atom stereocenters. The molecule has 148 valence electrons. The molecule has 0 spiro atoms. The number of carbonyl (C=O) groups excluding carboxylic acids is 2. The van der Waals surface area contributed by atoms with Gasteiger partial charge in [-0.05, 0) is 31.5 Å². The summed E-state index contributed by atoms with van der Waals surface area (Å²) in [6, 6.07) is 3.56. The quantitative estimate of drug-likeness (QED) is 0.700. The second-order valence-corrected chi connectivity index (χ2v) is 11.1. The van der Waals surface area contributed by atoms with Crippen molar-refractivity contribution in [3.8, 4) is 0 Å². The minimum absolute atomic E-state index is 0.0236. The molecular weight excluding hydrogens is 416 g/mol. The second-order valence-electron chi connectivity index (χ2n) is 6.54. The summed E-state index contributed by atoms with van der Waals surface area (Å²) in [5, 5.41) is 0.104. The first-order chi connectivity index (χ1) is 12.6. The maximum absolute atomic E-state index is 13.0. The predicted molar refractivity (Wildman–Crippen MR) is 101 cm³/mol. The van der Waals surface area contributed by atoms with Crippen LogP contribution in [0, 0.1) is 0 Å². The Balaban J connectivity index is 1.96. The number of sulfonamides is 1. The number of carbonyl (C=O) groups is 2. The third-order valence-corrected chi connectivity index (χ3v) is 8.51. The highest BCUT2D eigenvalue weighted by Gasteiger charge is 2.38. The average Bonchev–Trinajstić information content (AvgIpc) is 3.07. The predicted octanol–water partition coefficient (Wildman–Crippen LogP) is 1.06. The van der Waals surface area contributed by atoms with Gasteiger partial charge in [-0.3, -0.25) is 9.59 Å². The number of amides is 2. The molecule has 2 heterocycles. The van der Waals surface area contributed by atoms with E-state index in [4.69, 9.17) is 11.6 Å². The lowest BCUT2D eigenvalue weighted by molar-refractivity contribution is -0.116. The van der Waals surface area contributed by atoms with Crippen LogP contribution in [0.15, 0.2) is 18.2 Å². The van der Waals surface area contributed by atoms with E-state index in [0.717, 1.165) is 0 Å². The van der Waals surface area contributed by atoms with Gasteiger partial charge in [0.05, 0.1) is 33.5 Å². The van der Waals surface area contributed by atoms with Gasteiger partial charge in [-0.25, -0.2) is 21.1 Å². The second kappa shape index (κ2) is 7.06. The SMILES string of the molecule is CCN(C(=O)c1cc(N2C(=O)CCS2(=O)=O)ccc1Cl)C1CCS(=O)(=O)C1. The largest absolute Gasteiger partial charge is 0.335 e. The van der Waals surface area contributed by atoms with E-state index in [2.05, 4.69) is 0 Å². The van der Waals surface area contributed by atoms with Crippen LogP contribution in [0.2, 0.25) is 5.02 Å². The summed E-state index contributed by atoms with van der Waals surface area (Å²) in [6.07, 6.45) is 0.230. The summed E-state index contributed by atoms with van der Waals surface area (Å²) in [6.45, 7) is 2.01. The highest BCUT2D eigenvalue weighted by Crippen LogP contribution is 2.30. The lowest BCUT2D eigenvalue weighted by atomic mass is 10.1. The first-order valence-corrected chi connectivity index (χ1v) is 12.2. The Bertz CT molecular complexity index is 1010. The average molecular weight is 435 g/mol. The minimum Gasteiger partial charge on any atom is -0.335 e. The van der Waals surface area contributed by atoms with Gasteiger partial charge in [0.1, 0.15) is 0 Å². The number of benzene rings is 1. The minimum atomic E-state index is -3.77. The van der Waals surface area contributed by atoms with E-state index in [-0.39, 0.29) is 46.5 Å². The molecule has 0 aliphatic carbocycles. The van der Waals surface area contributed by atoms with Gasteiger partial charge in [0.2, 0.25) is 15.9 Å². The van der Waals surface area contributed by atoms with Crippen LogP contribution in [-0.4, -0.2) is 63.4 Å². The Kier molecular flexibility index (Phi) is 5.26. The van der Waals surface area contributed by atoms with Gasteiger partial charge in [-0.1, -0.05) is 11.6 Å². The Hall–Kier alpha value is -1.65. The van der Waals surface area contributed by atoms with Gasteiger partial charge in [-0.15, -0.1) is 0 Å². The van der Waals surface area contributed by atoms with Crippen molar-refractivity contribution >= 4 is 49.0 Å². The van der Waals surface area contributed by atoms with Crippen molar-refractivity contribution in [3.63, 3.8) is 0 Å². The van der Waals surface area contributed by atoms with E-state index in [1.54, 1.807) is 6.92 Å². The Morgan fingerprint density at radius 3 is 2.48 bits per heavy atom. The summed E-state index contributed by atoms with van der Waals surface area (Å²) < 4.78 is 48.4. The topological polar surface area (TPSA) is 109 Å². The molecule has 3 rings (SSSR count). The molecule has 11 heteroatoms. The number of nitrogens with zero attached hydrogens (tertiary/aromatic N) is 2. The number of anilines is 1. The zero-order valence-electron chi connectivity index (χ0n) is 14.6. The molecule has 2 saturated heterocycles. The molecule has 2 aliphatic heterocycles. The van der Waals surface area contributed by atoms with Crippen LogP contribution >= 0.6 is 11.6 Å². The molecule has 0 radical (unpaired) electrons. The van der Waals surface area contributed by atoms with Crippen molar-refractivity contribution in [2.24, 2.45) is 0 Å². The fraction of sp³-hybridized carbons (Fsp3) is 0.500. The summed E-state index contributed by atoms with van der Waals surface area (Å²) in [5.74, 6) is -1.42. The van der Waals surface area contributed by atoms with Crippen LogP contribution in [0.3, 0.4) is 0 Å². The maximum Gasteiger partial charge on any atom is 0.255 e. The number of hydrogen-bond donors (Lipinski definition) is 0. The van der Waals surface area contributed by atoms with E-state index in [1.165, 1.54) is 23.1 Å². The molecule has 0 aromatic heterocycles. The molecule has 1 aromatic rings. The third-order valence-electron chi connectivity index (χ3n) is 4.74. The first-order valence-electron chi connectivity index (χ1n) is 8.42. The summed E-state index contributed by atoms with van der Waals surface area (Å²) >= 11 is 6.15. The van der Waals surface area contributed by atoms with Crippen molar-refractivity contribution in [1.82, 2.24) is 4.90 Å². The molecule has 0 N–H and O–H groups in total. The number of hydrogen-bond acceptors (Lipinski definition) is 6. The zero-order valence-corrected chi connectivity index (χ0v) is 17.0. The highest BCUT2D eigenvalue weighted by molar-refractivity contribution is 7.94. The van der Waals surface area contributed by atoms with Crippen LogP contribution in [-0.2, 0) is 24.7 Å². The first kappa shape index (κ1) is 20.1. The van der Waals surface area contributed by atoms with E-state index in [9.17, 15) is 26.4 Å². The van der Waals surface area contributed by atoms with E-state index < -0.39 is 37.7 Å². The van der Waals surface area contributed by atoms with Crippen LogP contribution < -0.4 is 4.31 Å². The van der Waals surface area contributed by atoms with Gasteiger partial charge >= 0.3 is 0 Å². The van der Waals surface area contributed by atoms with E-state index in [0.29, 0.717) is 10.7 Å². The Morgan fingerprint density at radius 1 is 1.26 bits per heavy atom. The normalized spacial score (nSPS) is 23.6. The van der Waals surface area contributed by atoms with Gasteiger partial charge in [0.15, 0.2) is 9.84 Å². The molecule has 0 bridgehead atoms. The van der Waals surface area contributed by atoms with Crippen LogP contribution in [0.25, 0.3) is 0 Å². The standard InChI is InChI=1S/C16H19ClN2O6S2/c1-2-18(12-5-7-26(22,23)10-12)16(21)13-9-11(3-4-14(13)17)19-15(20)6-8-27(19,24)25/h3-4,9,12H,2,5-8,10H2,1H3. The molecular formula is C16H19ClN2O6S2. The monoisotopic (exact) mass is 434 g/mol. The van der Waals surface area contributed by atoms with Crippen LogP contribution in [0.5, 0.6) is 0 Å². The number of halogens is 1. The van der Waals surface area contributed by atoms with Crippen molar-refractivity contribution < 1.29 is 26.4 Å². The van der Waals surface area contributed by atoms with Gasteiger partial charge < -0.3 is 4.90 Å². The van der Waals surface area contributed by atoms with Crippen molar-refractivity contribution in [3.05, 3.63) is 28.8 Å². The molecule has 2 aliphatic rings. The molecule has 8 nitrogen and oxygen atoms in total. The van der Waals surface area contributed by atoms with Gasteiger partial charge in [-0.2, -0.15) is 0 Å². The zero-order chi connectivity index (χ0) is 20.0. The number of sulfone groups is 1. The van der Waals surface area contributed by atoms with Crippen molar-refractivity contribution in [1.29, 1.82) is 0 Å². The van der Waals surface area contributed by atoms with E-state index >= 15 is 0 Å². The molecule has 27 heavy (non-hydrogen) atoms. The summed E-state index contributed by atoms with van der Waals surface area (Å²) in [7, 11) is -6.94. The Labute approximate surface area is 163 Å². The summed E-state index contributed by atoms with van der Waals surface area (Å²) in [4.78, 5) is 26.4. The number of rotatable bonds is 4. The Morgan fingerprint density at radius 2 is 1.96 bits per heavy atom. The lowest BCUT2D eigenvalue weighted by Crippen LogP contribution is -2.41. The molecule has 0 saturated carbocycles. The molecule has 2 amide bonds. The maximum atomic E-state index is 13.0. The van der Waals surface area contributed by atoms with Crippen molar-refractivity contribution in [2.75, 3.05) is 28.1 Å². The fourth-order valence-corrected chi connectivity index (χ4v) is 6.80. The van der Waals surface area contributed by atoms with Gasteiger partial charge in [0, 0.05) is 19.0 Å². The van der Waals surface area contributed by atoms with Crippen LogP contribution in [0.4, 0.5) is 5.69 Å². The fourth-order valence-electron chi connectivity index (χ4n) is 3.42. The van der Waals surface area contributed by atoms with Crippen LogP contribution in [0.1, 0.15) is 30.1 Å².